The summed E-state index contributed by atoms with van der Waals surface area (Å²) in [6.07, 6.45) is 3.45. The lowest BCUT2D eigenvalue weighted by Gasteiger charge is -2.10. The van der Waals surface area contributed by atoms with Crippen molar-refractivity contribution in [2.45, 2.75) is 6.92 Å². The number of nitrogens with one attached hydrogen (secondary N) is 2. The topological polar surface area (TPSA) is 79.0 Å². The molecular weight excluding hydrogens is 306 g/mol. The highest BCUT2D eigenvalue weighted by Gasteiger charge is 2.16. The molecule has 1 rings (SSSR count). The molecule has 0 fully saturated rings. The van der Waals surface area contributed by atoms with Crippen LogP contribution in [0.4, 0.5) is 5.69 Å². The number of halogens is 1. The summed E-state index contributed by atoms with van der Waals surface area (Å²) < 4.78 is 0.631. The largest absolute Gasteiger partial charge is 0.398 e. The van der Waals surface area contributed by atoms with Crippen molar-refractivity contribution in [1.82, 2.24) is 5.32 Å². The van der Waals surface area contributed by atoms with Gasteiger partial charge in [0.15, 0.2) is 0 Å². The third-order valence-corrected chi connectivity index (χ3v) is 3.11. The van der Waals surface area contributed by atoms with Gasteiger partial charge in [-0.05, 0) is 19.1 Å². The number of amides is 1. The molecule has 0 aliphatic rings. The van der Waals surface area contributed by atoms with E-state index in [1.165, 1.54) is 0 Å². The smallest absolute Gasteiger partial charge is 0.270 e. The number of carbonyl (C=O) groups excluding carboxylic acids is 1. The number of hydrogen-bond donors (Lipinski definition) is 3. The number of benzene rings is 1. The fourth-order valence-corrected chi connectivity index (χ4v) is 2.07. The van der Waals surface area contributed by atoms with Crippen LogP contribution in [0.2, 0.25) is 0 Å². The molecule has 0 unspecified atom stereocenters. The van der Waals surface area contributed by atoms with Crippen LogP contribution in [0.25, 0.3) is 0 Å². The van der Waals surface area contributed by atoms with E-state index >= 15 is 0 Å². The SMILES string of the molecule is C=C/C=C(\C)CNC(=O)C(=N)c1c(N)cccc1Br. The molecule has 5 heteroatoms. The van der Waals surface area contributed by atoms with Crippen molar-refractivity contribution < 1.29 is 4.79 Å². The quantitative estimate of drug-likeness (QED) is 0.443. The Labute approximate surface area is 121 Å². The van der Waals surface area contributed by atoms with Gasteiger partial charge in [0.05, 0.1) is 0 Å². The predicted octanol–water partition coefficient (Wildman–Crippen LogP) is 2.65. The second kappa shape index (κ2) is 6.89. The molecule has 1 amide bonds. The summed E-state index contributed by atoms with van der Waals surface area (Å²) in [5.41, 5.74) is 7.39. The summed E-state index contributed by atoms with van der Waals surface area (Å²) in [6, 6.07) is 5.16. The average molecular weight is 322 g/mol. The Morgan fingerprint density at radius 3 is 2.84 bits per heavy atom. The monoisotopic (exact) mass is 321 g/mol. The molecule has 0 saturated heterocycles. The molecule has 0 aliphatic carbocycles. The minimum atomic E-state index is -0.463. The first-order valence-corrected chi connectivity index (χ1v) is 6.46. The summed E-state index contributed by atoms with van der Waals surface area (Å²) in [4.78, 5) is 11.9. The van der Waals surface area contributed by atoms with Gasteiger partial charge in [-0.1, -0.05) is 46.3 Å². The number of hydrogen-bond acceptors (Lipinski definition) is 3. The van der Waals surface area contributed by atoms with Gasteiger partial charge in [0.1, 0.15) is 5.71 Å². The van der Waals surface area contributed by atoms with Crippen LogP contribution in [-0.4, -0.2) is 18.2 Å². The Morgan fingerprint density at radius 1 is 1.58 bits per heavy atom. The Balaban J connectivity index is 2.81. The van der Waals surface area contributed by atoms with Gasteiger partial charge >= 0.3 is 0 Å². The van der Waals surface area contributed by atoms with E-state index < -0.39 is 5.91 Å². The lowest BCUT2D eigenvalue weighted by Crippen LogP contribution is -2.32. The molecule has 0 aliphatic heterocycles. The maximum absolute atomic E-state index is 11.9. The fraction of sp³-hybridized carbons (Fsp3) is 0.143. The number of allylic oxidation sites excluding steroid dienone is 2. The van der Waals surface area contributed by atoms with Crippen molar-refractivity contribution >= 4 is 33.2 Å². The van der Waals surface area contributed by atoms with E-state index in [2.05, 4.69) is 27.8 Å². The van der Waals surface area contributed by atoms with Gasteiger partial charge in [-0.25, -0.2) is 0 Å². The Kier molecular flexibility index (Phi) is 5.51. The molecule has 1 aromatic carbocycles. The Morgan fingerprint density at radius 2 is 2.26 bits per heavy atom. The third-order valence-electron chi connectivity index (χ3n) is 2.45. The molecule has 100 valence electrons. The van der Waals surface area contributed by atoms with E-state index in [1.807, 2.05) is 6.92 Å². The first-order chi connectivity index (χ1) is 8.97. The van der Waals surface area contributed by atoms with Gasteiger partial charge in [-0.2, -0.15) is 0 Å². The standard InChI is InChI=1S/C14H16BrN3O/c1-3-5-9(2)8-18-14(19)13(17)12-10(15)6-4-7-11(12)16/h3-7,17H,1,8,16H2,2H3,(H,18,19)/b9-5+,17-13?. The molecule has 1 aromatic rings. The maximum Gasteiger partial charge on any atom is 0.270 e. The van der Waals surface area contributed by atoms with Gasteiger partial charge in [-0.3, -0.25) is 10.2 Å². The minimum Gasteiger partial charge on any atom is -0.398 e. The molecule has 0 bridgehead atoms. The summed E-state index contributed by atoms with van der Waals surface area (Å²) in [7, 11) is 0. The van der Waals surface area contributed by atoms with Crippen LogP contribution >= 0.6 is 15.9 Å². The number of carbonyl (C=O) groups is 1. The summed E-state index contributed by atoms with van der Waals surface area (Å²) in [5, 5.41) is 10.6. The zero-order chi connectivity index (χ0) is 14.4. The third kappa shape index (κ3) is 4.06. The van der Waals surface area contributed by atoms with Crippen LogP contribution in [0.15, 0.2) is 47.0 Å². The minimum absolute atomic E-state index is 0.156. The maximum atomic E-state index is 11.9. The molecule has 0 radical (unpaired) electrons. The van der Waals surface area contributed by atoms with Gasteiger partial charge in [-0.15, -0.1) is 0 Å². The van der Waals surface area contributed by atoms with Crippen LogP contribution in [0, 0.1) is 5.41 Å². The summed E-state index contributed by atoms with van der Waals surface area (Å²) in [6.45, 7) is 5.83. The zero-order valence-corrected chi connectivity index (χ0v) is 12.3. The van der Waals surface area contributed by atoms with Crippen molar-refractivity contribution in [2.75, 3.05) is 12.3 Å². The number of anilines is 1. The van der Waals surface area contributed by atoms with Gasteiger partial charge in [0.25, 0.3) is 5.91 Å². The molecule has 4 N–H and O–H groups in total. The lowest BCUT2D eigenvalue weighted by atomic mass is 10.1. The highest BCUT2D eigenvalue weighted by atomic mass is 79.9. The molecule has 4 nitrogen and oxygen atoms in total. The zero-order valence-electron chi connectivity index (χ0n) is 10.7. The molecule has 0 spiro atoms. The highest BCUT2D eigenvalue weighted by Crippen LogP contribution is 2.22. The second-order valence-electron chi connectivity index (χ2n) is 4.01. The number of nitrogen functional groups attached to an aromatic ring is 1. The van der Waals surface area contributed by atoms with E-state index in [-0.39, 0.29) is 5.71 Å². The molecular formula is C14H16BrN3O. The van der Waals surface area contributed by atoms with Crippen LogP contribution in [0.5, 0.6) is 0 Å². The van der Waals surface area contributed by atoms with E-state index in [1.54, 1.807) is 30.4 Å². The Hall–Kier alpha value is -1.88. The van der Waals surface area contributed by atoms with Crippen molar-refractivity contribution in [2.24, 2.45) is 0 Å². The van der Waals surface area contributed by atoms with Crippen LogP contribution in [0.3, 0.4) is 0 Å². The number of rotatable bonds is 5. The highest BCUT2D eigenvalue weighted by molar-refractivity contribution is 9.10. The summed E-state index contributed by atoms with van der Waals surface area (Å²) >= 11 is 3.30. The van der Waals surface area contributed by atoms with Crippen molar-refractivity contribution in [1.29, 1.82) is 5.41 Å². The molecule has 0 heterocycles. The van der Waals surface area contributed by atoms with E-state index in [0.717, 1.165) is 5.57 Å². The van der Waals surface area contributed by atoms with Crippen molar-refractivity contribution in [3.8, 4) is 0 Å². The Bertz CT molecular complexity index is 529. The fourth-order valence-electron chi connectivity index (χ4n) is 1.49. The number of nitrogens with two attached hydrogens (primary N) is 1. The first kappa shape index (κ1) is 15.2. The molecule has 0 aromatic heterocycles. The van der Waals surface area contributed by atoms with Gasteiger partial charge in [0, 0.05) is 22.3 Å². The molecule has 19 heavy (non-hydrogen) atoms. The average Bonchev–Trinajstić information content (AvgIpc) is 2.36. The molecule has 0 atom stereocenters. The van der Waals surface area contributed by atoms with E-state index in [9.17, 15) is 4.79 Å². The van der Waals surface area contributed by atoms with Crippen molar-refractivity contribution in [3.05, 3.63) is 52.5 Å². The normalized spacial score (nSPS) is 10.9. The van der Waals surface area contributed by atoms with E-state index in [4.69, 9.17) is 11.1 Å². The molecule has 0 saturated carbocycles. The summed E-state index contributed by atoms with van der Waals surface area (Å²) in [5.74, 6) is -0.463. The predicted molar refractivity (Wildman–Crippen MR) is 82.3 cm³/mol. The van der Waals surface area contributed by atoms with Gasteiger partial charge < -0.3 is 11.1 Å². The van der Waals surface area contributed by atoms with Crippen LogP contribution < -0.4 is 11.1 Å². The van der Waals surface area contributed by atoms with Crippen LogP contribution in [0.1, 0.15) is 12.5 Å². The van der Waals surface area contributed by atoms with E-state index in [0.29, 0.717) is 22.3 Å². The lowest BCUT2D eigenvalue weighted by molar-refractivity contribution is -0.114. The van der Waals surface area contributed by atoms with Crippen molar-refractivity contribution in [3.63, 3.8) is 0 Å². The second-order valence-corrected chi connectivity index (χ2v) is 4.86. The van der Waals surface area contributed by atoms with Crippen LogP contribution in [-0.2, 0) is 4.79 Å². The first-order valence-electron chi connectivity index (χ1n) is 5.66. The van der Waals surface area contributed by atoms with Gasteiger partial charge in [0.2, 0.25) is 0 Å².